The van der Waals surface area contributed by atoms with Gasteiger partial charge in [-0.05, 0) is 50.6 Å². The number of nitrogens with zero attached hydrogens (tertiary/aromatic N) is 4. The molecule has 0 bridgehead atoms. The van der Waals surface area contributed by atoms with Crippen molar-refractivity contribution in [3.8, 4) is 5.69 Å². The standard InChI is InChI=1S/C23H26ClN5O2/c1-15-12-28(13-16(2)31-15)14-18-7-4-5-10-21(18)25-23(30)22-17(3)26-29(27-22)20-9-6-8-19(24)11-20/h4-11,15-16H,12-14H2,1-3H3,(H,25,30). The maximum absolute atomic E-state index is 13.0. The first-order valence-corrected chi connectivity index (χ1v) is 10.7. The molecule has 3 aromatic rings. The third-order valence-corrected chi connectivity index (χ3v) is 5.43. The quantitative estimate of drug-likeness (QED) is 0.648. The van der Waals surface area contributed by atoms with Crippen LogP contribution in [0.4, 0.5) is 5.69 Å². The van der Waals surface area contributed by atoms with Gasteiger partial charge in [-0.2, -0.15) is 9.90 Å². The average Bonchev–Trinajstić information content (AvgIpc) is 3.10. The summed E-state index contributed by atoms with van der Waals surface area (Å²) >= 11 is 6.07. The normalized spacial score (nSPS) is 19.4. The lowest BCUT2D eigenvalue weighted by Gasteiger charge is -2.35. The SMILES string of the molecule is Cc1nn(-c2cccc(Cl)c2)nc1C(=O)Nc1ccccc1CN1CC(C)OC(C)C1. The van der Waals surface area contributed by atoms with Gasteiger partial charge in [0.15, 0.2) is 5.69 Å². The summed E-state index contributed by atoms with van der Waals surface area (Å²) in [4.78, 5) is 16.8. The van der Waals surface area contributed by atoms with Crippen LogP contribution in [0, 0.1) is 6.92 Å². The van der Waals surface area contributed by atoms with Crippen molar-refractivity contribution in [2.45, 2.75) is 39.5 Å². The van der Waals surface area contributed by atoms with E-state index in [0.717, 1.165) is 30.9 Å². The highest BCUT2D eigenvalue weighted by Gasteiger charge is 2.23. The summed E-state index contributed by atoms with van der Waals surface area (Å²) in [5.74, 6) is -0.290. The summed E-state index contributed by atoms with van der Waals surface area (Å²) in [6, 6.07) is 15.0. The van der Waals surface area contributed by atoms with Crippen LogP contribution < -0.4 is 5.32 Å². The monoisotopic (exact) mass is 439 g/mol. The van der Waals surface area contributed by atoms with Gasteiger partial charge in [0.1, 0.15) is 0 Å². The molecule has 7 nitrogen and oxygen atoms in total. The van der Waals surface area contributed by atoms with Crippen LogP contribution in [0.15, 0.2) is 48.5 Å². The van der Waals surface area contributed by atoms with Gasteiger partial charge >= 0.3 is 0 Å². The van der Waals surface area contributed by atoms with E-state index < -0.39 is 0 Å². The Morgan fingerprint density at radius 2 is 1.87 bits per heavy atom. The van der Waals surface area contributed by atoms with Gasteiger partial charge < -0.3 is 10.1 Å². The van der Waals surface area contributed by atoms with Gasteiger partial charge in [-0.25, -0.2) is 0 Å². The van der Waals surface area contributed by atoms with E-state index in [0.29, 0.717) is 16.4 Å². The zero-order chi connectivity index (χ0) is 22.0. The van der Waals surface area contributed by atoms with Crippen LogP contribution in [0.2, 0.25) is 5.02 Å². The Bertz CT molecular complexity index is 1070. The minimum Gasteiger partial charge on any atom is -0.373 e. The van der Waals surface area contributed by atoms with E-state index in [1.165, 1.54) is 4.80 Å². The Kier molecular flexibility index (Phi) is 6.36. The number of hydrogen-bond acceptors (Lipinski definition) is 5. The van der Waals surface area contributed by atoms with Crippen molar-refractivity contribution in [1.82, 2.24) is 19.9 Å². The van der Waals surface area contributed by atoms with E-state index in [2.05, 4.69) is 34.3 Å². The number of hydrogen-bond donors (Lipinski definition) is 1. The first-order valence-electron chi connectivity index (χ1n) is 10.4. The molecule has 1 saturated heterocycles. The first kappa shape index (κ1) is 21.5. The van der Waals surface area contributed by atoms with Gasteiger partial charge in [-0.15, -0.1) is 5.10 Å². The van der Waals surface area contributed by atoms with E-state index in [9.17, 15) is 4.79 Å². The van der Waals surface area contributed by atoms with E-state index in [1.54, 1.807) is 19.1 Å². The molecule has 8 heteroatoms. The smallest absolute Gasteiger partial charge is 0.278 e. The van der Waals surface area contributed by atoms with E-state index >= 15 is 0 Å². The third kappa shape index (κ3) is 5.12. The second-order valence-electron chi connectivity index (χ2n) is 7.97. The number of carbonyl (C=O) groups excluding carboxylic acids is 1. The van der Waals surface area contributed by atoms with Crippen molar-refractivity contribution in [2.75, 3.05) is 18.4 Å². The van der Waals surface area contributed by atoms with Crippen LogP contribution in [0.5, 0.6) is 0 Å². The number of aryl methyl sites for hydroxylation is 1. The number of halogens is 1. The molecule has 31 heavy (non-hydrogen) atoms. The summed E-state index contributed by atoms with van der Waals surface area (Å²) in [6.45, 7) is 8.40. The van der Waals surface area contributed by atoms with Crippen LogP contribution in [0.1, 0.15) is 35.6 Å². The van der Waals surface area contributed by atoms with Gasteiger partial charge in [-0.3, -0.25) is 9.69 Å². The summed E-state index contributed by atoms with van der Waals surface area (Å²) in [7, 11) is 0. The maximum atomic E-state index is 13.0. The number of aromatic nitrogens is 3. The number of anilines is 1. The number of morpholine rings is 1. The molecule has 0 saturated carbocycles. The number of rotatable bonds is 5. The number of amides is 1. The van der Waals surface area contributed by atoms with Gasteiger partial charge in [0.2, 0.25) is 0 Å². The second kappa shape index (κ2) is 9.18. The first-order chi connectivity index (χ1) is 14.9. The van der Waals surface area contributed by atoms with Crippen LogP contribution in [0.3, 0.4) is 0 Å². The molecule has 0 aliphatic carbocycles. The van der Waals surface area contributed by atoms with Crippen molar-refractivity contribution in [1.29, 1.82) is 0 Å². The Balaban J connectivity index is 1.52. The maximum Gasteiger partial charge on any atom is 0.278 e. The van der Waals surface area contributed by atoms with E-state index in [-0.39, 0.29) is 23.8 Å². The molecule has 1 amide bonds. The summed E-state index contributed by atoms with van der Waals surface area (Å²) < 4.78 is 5.83. The minimum atomic E-state index is -0.290. The van der Waals surface area contributed by atoms with Crippen LogP contribution in [0.25, 0.3) is 5.69 Å². The highest BCUT2D eigenvalue weighted by atomic mass is 35.5. The molecule has 0 radical (unpaired) electrons. The molecule has 162 valence electrons. The van der Waals surface area contributed by atoms with Gasteiger partial charge in [0.25, 0.3) is 5.91 Å². The Hall–Kier alpha value is -2.74. The summed E-state index contributed by atoms with van der Waals surface area (Å²) in [6.07, 6.45) is 0.379. The highest BCUT2D eigenvalue weighted by Crippen LogP contribution is 2.21. The summed E-state index contributed by atoms with van der Waals surface area (Å²) in [5, 5.41) is 12.4. The van der Waals surface area contributed by atoms with Crippen molar-refractivity contribution in [3.05, 3.63) is 70.5 Å². The molecule has 2 heterocycles. The average molecular weight is 440 g/mol. The number of carbonyl (C=O) groups is 1. The van der Waals surface area contributed by atoms with Gasteiger partial charge in [0.05, 0.1) is 23.6 Å². The molecule has 1 aromatic heterocycles. The fourth-order valence-electron chi connectivity index (χ4n) is 3.92. The van der Waals surface area contributed by atoms with Crippen molar-refractivity contribution in [2.24, 2.45) is 0 Å². The molecule has 2 aromatic carbocycles. The van der Waals surface area contributed by atoms with Crippen LogP contribution >= 0.6 is 11.6 Å². The van der Waals surface area contributed by atoms with Crippen molar-refractivity contribution in [3.63, 3.8) is 0 Å². The molecule has 1 aliphatic heterocycles. The van der Waals surface area contributed by atoms with Gasteiger partial charge in [0, 0.05) is 30.3 Å². The molecule has 4 rings (SSSR count). The molecule has 1 N–H and O–H groups in total. The molecule has 1 fully saturated rings. The predicted molar refractivity (Wildman–Crippen MR) is 121 cm³/mol. The Morgan fingerprint density at radius 1 is 1.13 bits per heavy atom. The molecule has 2 unspecified atom stereocenters. The fraction of sp³-hybridized carbons (Fsp3) is 0.348. The van der Waals surface area contributed by atoms with Gasteiger partial charge in [-0.1, -0.05) is 35.9 Å². The van der Waals surface area contributed by atoms with E-state index in [1.807, 2.05) is 36.4 Å². The number of nitrogens with one attached hydrogen (secondary N) is 1. The lowest BCUT2D eigenvalue weighted by molar-refractivity contribution is -0.0704. The molecule has 1 aliphatic rings. The largest absolute Gasteiger partial charge is 0.373 e. The molecule has 0 spiro atoms. The Labute approximate surface area is 187 Å². The third-order valence-electron chi connectivity index (χ3n) is 5.19. The second-order valence-corrected chi connectivity index (χ2v) is 8.40. The zero-order valence-electron chi connectivity index (χ0n) is 17.9. The zero-order valence-corrected chi connectivity index (χ0v) is 18.6. The highest BCUT2D eigenvalue weighted by molar-refractivity contribution is 6.30. The molecular weight excluding hydrogens is 414 g/mol. The Morgan fingerprint density at radius 3 is 2.61 bits per heavy atom. The molecular formula is C23H26ClN5O2. The number of para-hydroxylation sites is 1. The topological polar surface area (TPSA) is 72.3 Å². The summed E-state index contributed by atoms with van der Waals surface area (Å²) in [5.41, 5.74) is 3.35. The van der Waals surface area contributed by atoms with Crippen LogP contribution in [-0.4, -0.2) is 51.1 Å². The van der Waals surface area contributed by atoms with Crippen molar-refractivity contribution < 1.29 is 9.53 Å². The predicted octanol–water partition coefficient (Wildman–Crippen LogP) is 4.09. The molecule has 2 atom stereocenters. The van der Waals surface area contributed by atoms with E-state index in [4.69, 9.17) is 16.3 Å². The lowest BCUT2D eigenvalue weighted by Crippen LogP contribution is -2.44. The van der Waals surface area contributed by atoms with Crippen molar-refractivity contribution >= 4 is 23.2 Å². The lowest BCUT2D eigenvalue weighted by atomic mass is 10.1. The number of ether oxygens (including phenoxy) is 1. The fourth-order valence-corrected chi connectivity index (χ4v) is 4.11. The van der Waals surface area contributed by atoms with Crippen LogP contribution in [-0.2, 0) is 11.3 Å². The number of benzene rings is 2. The minimum absolute atomic E-state index is 0.190.